The van der Waals surface area contributed by atoms with Crippen LogP contribution in [0.4, 0.5) is 0 Å². The first kappa shape index (κ1) is 12.2. The zero-order valence-corrected chi connectivity index (χ0v) is 12.1. The Morgan fingerprint density at radius 2 is 1.58 bits per heavy atom. The minimum absolute atomic E-state index is 1.08. The van der Waals surface area contributed by atoms with E-state index in [-0.39, 0.29) is 0 Å². The number of fused-ring (bicyclic) bond motifs is 2. The van der Waals surface area contributed by atoms with Crippen LogP contribution in [0.2, 0.25) is 0 Å². The third-order valence-corrected chi connectivity index (χ3v) is 4.36. The monoisotopic (exact) mass is 250 g/mol. The molecule has 0 N–H and O–H groups in total. The summed E-state index contributed by atoms with van der Waals surface area (Å²) in [6.45, 7) is 6.71. The lowest BCUT2D eigenvalue weighted by atomic mass is 9.98. The molecule has 0 bridgehead atoms. The summed E-state index contributed by atoms with van der Waals surface area (Å²) in [7, 11) is 2.18. The van der Waals surface area contributed by atoms with Crippen molar-refractivity contribution in [2.75, 3.05) is 0 Å². The zero-order valence-electron chi connectivity index (χ0n) is 12.1. The van der Waals surface area contributed by atoms with Crippen molar-refractivity contribution in [3.63, 3.8) is 0 Å². The maximum atomic E-state index is 2.35. The molecule has 0 spiro atoms. The predicted molar refractivity (Wildman–Crippen MR) is 81.5 cm³/mol. The summed E-state index contributed by atoms with van der Waals surface area (Å²) in [6.07, 6.45) is 1.08. The van der Waals surface area contributed by atoms with E-state index in [2.05, 4.69) is 68.8 Å². The third-order valence-electron chi connectivity index (χ3n) is 4.36. The molecule has 0 saturated carbocycles. The zero-order chi connectivity index (χ0) is 13.6. The van der Waals surface area contributed by atoms with Crippen molar-refractivity contribution in [2.24, 2.45) is 7.05 Å². The molecule has 0 amide bonds. The topological polar surface area (TPSA) is 3.88 Å². The van der Waals surface area contributed by atoms with Crippen LogP contribution in [0.15, 0.2) is 36.4 Å². The number of nitrogens with zero attached hydrogens (tertiary/aromatic N) is 1. The van der Waals surface area contributed by atoms with Gasteiger partial charge < -0.3 is 0 Å². The van der Waals surface area contributed by atoms with Crippen LogP contribution in [-0.4, -0.2) is 0 Å². The number of pyridine rings is 1. The van der Waals surface area contributed by atoms with Crippen LogP contribution in [0.5, 0.6) is 0 Å². The lowest BCUT2D eigenvalue weighted by molar-refractivity contribution is -0.653. The van der Waals surface area contributed by atoms with E-state index in [4.69, 9.17) is 0 Å². The second kappa shape index (κ2) is 4.34. The van der Waals surface area contributed by atoms with Crippen molar-refractivity contribution in [3.8, 4) is 0 Å². The molecule has 1 heteroatoms. The Morgan fingerprint density at radius 3 is 2.21 bits per heavy atom. The highest BCUT2D eigenvalue weighted by molar-refractivity contribution is 5.96. The fourth-order valence-electron chi connectivity index (χ4n) is 3.12. The minimum Gasteiger partial charge on any atom is -0.198 e. The van der Waals surface area contributed by atoms with Gasteiger partial charge in [-0.05, 0) is 36.2 Å². The van der Waals surface area contributed by atoms with E-state index in [1.807, 2.05) is 0 Å². The highest BCUT2D eigenvalue weighted by Gasteiger charge is 2.18. The normalized spacial score (nSPS) is 11.4. The van der Waals surface area contributed by atoms with Gasteiger partial charge >= 0.3 is 0 Å². The molecule has 0 unspecified atom stereocenters. The van der Waals surface area contributed by atoms with E-state index in [0.717, 1.165) is 6.42 Å². The molecule has 0 radical (unpaired) electrons. The lowest BCUT2D eigenvalue weighted by Crippen LogP contribution is -2.35. The summed E-state index contributed by atoms with van der Waals surface area (Å²) in [6, 6.07) is 13.2. The van der Waals surface area contributed by atoms with Crippen LogP contribution in [0.3, 0.4) is 0 Å². The SMILES string of the molecule is CCc1c(C)c(C)c2cc3ccccc3cc2[n+]1C. The fourth-order valence-corrected chi connectivity index (χ4v) is 3.12. The maximum absolute atomic E-state index is 2.35. The van der Waals surface area contributed by atoms with Gasteiger partial charge in [0.05, 0.1) is 5.39 Å². The van der Waals surface area contributed by atoms with Gasteiger partial charge in [-0.25, -0.2) is 0 Å². The summed E-state index contributed by atoms with van der Waals surface area (Å²) >= 11 is 0. The number of hydrogen-bond acceptors (Lipinski definition) is 0. The van der Waals surface area contributed by atoms with E-state index < -0.39 is 0 Å². The van der Waals surface area contributed by atoms with Gasteiger partial charge in [0.2, 0.25) is 5.52 Å². The Morgan fingerprint density at radius 1 is 0.947 bits per heavy atom. The Balaban J connectivity index is 2.54. The van der Waals surface area contributed by atoms with Crippen molar-refractivity contribution in [2.45, 2.75) is 27.2 Å². The van der Waals surface area contributed by atoms with Gasteiger partial charge in [0.1, 0.15) is 7.05 Å². The fraction of sp³-hybridized carbons (Fsp3) is 0.278. The summed E-state index contributed by atoms with van der Waals surface area (Å²) in [5.41, 5.74) is 5.60. The molecule has 3 rings (SSSR count). The van der Waals surface area contributed by atoms with Crippen LogP contribution in [-0.2, 0) is 13.5 Å². The highest BCUT2D eigenvalue weighted by Crippen LogP contribution is 2.26. The average Bonchev–Trinajstić information content (AvgIpc) is 2.44. The van der Waals surface area contributed by atoms with Crippen molar-refractivity contribution < 1.29 is 4.57 Å². The van der Waals surface area contributed by atoms with Gasteiger partial charge in [0, 0.05) is 18.1 Å². The van der Waals surface area contributed by atoms with Gasteiger partial charge in [0.25, 0.3) is 0 Å². The number of aromatic nitrogens is 1. The lowest BCUT2D eigenvalue weighted by Gasteiger charge is -2.10. The second-order valence-corrected chi connectivity index (χ2v) is 5.33. The molecule has 0 atom stereocenters. The summed E-state index contributed by atoms with van der Waals surface area (Å²) in [5, 5.41) is 4.01. The standard InChI is InChI=1S/C18H20N/c1-5-17-13(3)12(2)16-10-14-8-6-7-9-15(14)11-18(16)19(17)4/h6-11H,5H2,1-4H3/q+1. The van der Waals surface area contributed by atoms with Gasteiger partial charge in [-0.2, -0.15) is 4.57 Å². The van der Waals surface area contributed by atoms with E-state index in [9.17, 15) is 0 Å². The second-order valence-electron chi connectivity index (χ2n) is 5.33. The quantitative estimate of drug-likeness (QED) is 0.454. The smallest absolute Gasteiger partial charge is 0.198 e. The molecule has 0 aliphatic carbocycles. The molecule has 1 nitrogen and oxygen atoms in total. The highest BCUT2D eigenvalue weighted by atomic mass is 14.9. The molecule has 1 heterocycles. The molecular formula is C18H20N+. The van der Waals surface area contributed by atoms with E-state index >= 15 is 0 Å². The Labute approximate surface area is 114 Å². The first-order chi connectivity index (χ1) is 9.13. The molecule has 0 aliphatic rings. The number of hydrogen-bond donors (Lipinski definition) is 0. The van der Waals surface area contributed by atoms with Gasteiger partial charge in [0.15, 0.2) is 5.69 Å². The summed E-state index contributed by atoms with van der Waals surface area (Å²) in [5.74, 6) is 0. The molecule has 0 aliphatic heterocycles. The molecule has 96 valence electrons. The van der Waals surface area contributed by atoms with Crippen LogP contribution < -0.4 is 4.57 Å². The Kier molecular flexibility index (Phi) is 2.78. The molecule has 3 aromatic rings. The number of benzene rings is 2. The molecule has 1 aromatic heterocycles. The largest absolute Gasteiger partial charge is 0.213 e. The third kappa shape index (κ3) is 1.73. The first-order valence-electron chi connectivity index (χ1n) is 6.94. The number of aryl methyl sites for hydroxylation is 2. The van der Waals surface area contributed by atoms with E-state index in [1.54, 1.807) is 0 Å². The molecule has 2 aromatic carbocycles. The van der Waals surface area contributed by atoms with Crippen molar-refractivity contribution >= 4 is 21.7 Å². The van der Waals surface area contributed by atoms with Crippen LogP contribution in [0.25, 0.3) is 21.7 Å². The van der Waals surface area contributed by atoms with Crippen LogP contribution >= 0.6 is 0 Å². The van der Waals surface area contributed by atoms with Gasteiger partial charge in [-0.3, -0.25) is 0 Å². The Bertz CT molecular complexity index is 785. The molecule has 0 saturated heterocycles. The van der Waals surface area contributed by atoms with Crippen molar-refractivity contribution in [1.29, 1.82) is 0 Å². The van der Waals surface area contributed by atoms with E-state index in [1.165, 1.54) is 38.5 Å². The van der Waals surface area contributed by atoms with Gasteiger partial charge in [-0.1, -0.05) is 31.2 Å². The maximum Gasteiger partial charge on any atom is 0.213 e. The van der Waals surface area contributed by atoms with Gasteiger partial charge in [-0.15, -0.1) is 0 Å². The van der Waals surface area contributed by atoms with Crippen molar-refractivity contribution in [3.05, 3.63) is 53.2 Å². The van der Waals surface area contributed by atoms with Crippen LogP contribution in [0.1, 0.15) is 23.7 Å². The van der Waals surface area contributed by atoms with E-state index in [0.29, 0.717) is 0 Å². The average molecular weight is 250 g/mol. The molecule has 0 fully saturated rings. The number of rotatable bonds is 1. The van der Waals surface area contributed by atoms with Crippen LogP contribution in [0, 0.1) is 13.8 Å². The summed E-state index contributed by atoms with van der Waals surface area (Å²) in [4.78, 5) is 0. The summed E-state index contributed by atoms with van der Waals surface area (Å²) < 4.78 is 2.35. The molecular weight excluding hydrogens is 230 g/mol. The minimum atomic E-state index is 1.08. The van der Waals surface area contributed by atoms with Crippen molar-refractivity contribution in [1.82, 2.24) is 0 Å². The molecule has 19 heavy (non-hydrogen) atoms. The Hall–Kier alpha value is -1.89. The predicted octanol–water partition coefficient (Wildman–Crippen LogP) is 4.00. The first-order valence-corrected chi connectivity index (χ1v) is 6.94.